The van der Waals surface area contributed by atoms with E-state index in [2.05, 4.69) is 29.5 Å². The molecular weight excluding hydrogens is 506 g/mol. The van der Waals surface area contributed by atoms with Crippen molar-refractivity contribution < 1.29 is 14.3 Å². The molecule has 0 fully saturated rings. The predicted octanol–water partition coefficient (Wildman–Crippen LogP) is 5.07. The third-order valence-corrected chi connectivity index (χ3v) is 8.44. The van der Waals surface area contributed by atoms with E-state index in [1.807, 2.05) is 48.7 Å². The Kier molecular flexibility index (Phi) is 7.05. The minimum absolute atomic E-state index is 0.212. The molecule has 0 unspecified atom stereocenters. The summed E-state index contributed by atoms with van der Waals surface area (Å²) in [5.74, 6) is 1.05. The summed E-state index contributed by atoms with van der Waals surface area (Å²) in [4.78, 5) is 39.1. The zero-order chi connectivity index (χ0) is 26.1. The number of likely N-dealkylation sites (N-methyl/N-ethyl adjacent to an activating group) is 1. The number of ether oxygens (including phenoxy) is 1. The minimum Gasteiger partial charge on any atom is -0.492 e. The summed E-state index contributed by atoms with van der Waals surface area (Å²) in [5, 5.41) is 8.29. The molecule has 8 nitrogen and oxygen atoms in total. The van der Waals surface area contributed by atoms with Crippen LogP contribution in [-0.4, -0.2) is 53.4 Å². The fourth-order valence-electron chi connectivity index (χ4n) is 4.01. The van der Waals surface area contributed by atoms with Crippen molar-refractivity contribution in [2.24, 2.45) is 0 Å². The van der Waals surface area contributed by atoms with Crippen LogP contribution in [0.3, 0.4) is 0 Å². The Morgan fingerprint density at radius 2 is 1.86 bits per heavy atom. The summed E-state index contributed by atoms with van der Waals surface area (Å²) in [5.41, 5.74) is 2.60. The number of hydrogen-bond donors (Lipinski definition) is 2. The molecule has 4 aromatic rings. The molecule has 0 bridgehead atoms. The maximum Gasteiger partial charge on any atom is 0.275 e. The normalized spacial score (nSPS) is 13.6. The Labute approximate surface area is 223 Å². The molecule has 0 spiro atoms. The van der Waals surface area contributed by atoms with Crippen molar-refractivity contribution in [1.29, 1.82) is 0 Å². The number of nitrogens with one attached hydrogen (secondary N) is 2. The second kappa shape index (κ2) is 10.4. The van der Waals surface area contributed by atoms with E-state index < -0.39 is 11.8 Å². The van der Waals surface area contributed by atoms with Gasteiger partial charge in [0.15, 0.2) is 5.82 Å². The lowest BCUT2D eigenvalue weighted by molar-refractivity contribution is -0.124. The number of rotatable bonds is 9. The van der Waals surface area contributed by atoms with Gasteiger partial charge in [-0.05, 0) is 74.3 Å². The quantitative estimate of drug-likeness (QED) is 0.290. The van der Waals surface area contributed by atoms with Gasteiger partial charge >= 0.3 is 0 Å². The van der Waals surface area contributed by atoms with Gasteiger partial charge in [-0.2, -0.15) is 0 Å². The number of carbonyl (C=O) groups excluding carboxylic acids is 2. The SMILES string of the molecule is CCN(C)CCOc1ccc(-c2sc3nc(-c4cccs4)nc(NC4=C(C)C(=O)NC4=O)c3c2C)cc1. The zero-order valence-electron chi connectivity index (χ0n) is 21.0. The minimum atomic E-state index is -0.458. The summed E-state index contributed by atoms with van der Waals surface area (Å²) in [6.07, 6.45) is 0. The molecule has 0 saturated heterocycles. The highest BCUT2D eigenvalue weighted by molar-refractivity contribution is 7.22. The van der Waals surface area contributed by atoms with Crippen LogP contribution in [0.25, 0.3) is 31.4 Å². The summed E-state index contributed by atoms with van der Waals surface area (Å²) in [6, 6.07) is 12.0. The molecule has 1 aromatic carbocycles. The van der Waals surface area contributed by atoms with E-state index in [0.717, 1.165) is 49.9 Å². The van der Waals surface area contributed by atoms with Crippen molar-refractivity contribution in [3.05, 3.63) is 58.6 Å². The highest BCUT2D eigenvalue weighted by atomic mass is 32.1. The number of benzene rings is 1. The molecule has 2 N–H and O–H groups in total. The van der Waals surface area contributed by atoms with Crippen LogP contribution in [-0.2, 0) is 9.59 Å². The van der Waals surface area contributed by atoms with Crippen molar-refractivity contribution in [2.45, 2.75) is 20.8 Å². The molecule has 37 heavy (non-hydrogen) atoms. The topological polar surface area (TPSA) is 96.4 Å². The van der Waals surface area contributed by atoms with Gasteiger partial charge in [0.05, 0.1) is 10.3 Å². The van der Waals surface area contributed by atoms with Crippen molar-refractivity contribution in [3.63, 3.8) is 0 Å². The van der Waals surface area contributed by atoms with E-state index in [1.54, 1.807) is 29.6 Å². The molecule has 5 rings (SSSR count). The third kappa shape index (κ3) is 5.00. The number of aromatic nitrogens is 2. The number of thiophene rings is 2. The summed E-state index contributed by atoms with van der Waals surface area (Å²) in [6.45, 7) is 8.26. The van der Waals surface area contributed by atoms with Gasteiger partial charge in [-0.25, -0.2) is 9.97 Å². The molecule has 0 radical (unpaired) electrons. The van der Waals surface area contributed by atoms with Crippen LogP contribution in [0, 0.1) is 6.92 Å². The molecule has 1 aliphatic rings. The highest BCUT2D eigenvalue weighted by Gasteiger charge is 2.29. The van der Waals surface area contributed by atoms with Gasteiger partial charge in [0.1, 0.15) is 28.7 Å². The van der Waals surface area contributed by atoms with Crippen LogP contribution in [0.4, 0.5) is 5.82 Å². The first-order chi connectivity index (χ1) is 17.9. The monoisotopic (exact) mass is 533 g/mol. The van der Waals surface area contributed by atoms with Gasteiger partial charge in [0.2, 0.25) is 0 Å². The van der Waals surface area contributed by atoms with Gasteiger partial charge in [-0.3, -0.25) is 14.9 Å². The van der Waals surface area contributed by atoms with Gasteiger partial charge in [0.25, 0.3) is 11.8 Å². The largest absolute Gasteiger partial charge is 0.492 e. The molecule has 2 amide bonds. The molecule has 0 saturated carbocycles. The predicted molar refractivity (Wildman–Crippen MR) is 149 cm³/mol. The fraction of sp³-hybridized carbons (Fsp3) is 0.259. The molecule has 3 aromatic heterocycles. The summed E-state index contributed by atoms with van der Waals surface area (Å²) in [7, 11) is 2.07. The molecule has 10 heteroatoms. The number of nitrogens with zero attached hydrogens (tertiary/aromatic N) is 3. The van der Waals surface area contributed by atoms with Crippen molar-refractivity contribution in [1.82, 2.24) is 20.2 Å². The van der Waals surface area contributed by atoms with E-state index in [4.69, 9.17) is 14.7 Å². The lowest BCUT2D eigenvalue weighted by Gasteiger charge is -2.14. The second-order valence-corrected chi connectivity index (χ2v) is 10.7. The Bertz CT molecular complexity index is 1510. The molecular formula is C27H27N5O3S2. The third-order valence-electron chi connectivity index (χ3n) is 6.34. The first-order valence-electron chi connectivity index (χ1n) is 12.0. The average molecular weight is 534 g/mol. The van der Waals surface area contributed by atoms with E-state index in [1.165, 1.54) is 0 Å². The van der Waals surface area contributed by atoms with Crippen LogP contribution in [0.15, 0.2) is 53.0 Å². The maximum absolute atomic E-state index is 12.4. The molecule has 4 heterocycles. The van der Waals surface area contributed by atoms with Crippen LogP contribution < -0.4 is 15.4 Å². The van der Waals surface area contributed by atoms with Gasteiger partial charge in [-0.1, -0.05) is 13.0 Å². The Balaban J connectivity index is 1.53. The van der Waals surface area contributed by atoms with Gasteiger partial charge < -0.3 is 15.0 Å². The lowest BCUT2D eigenvalue weighted by Crippen LogP contribution is -2.24. The number of anilines is 1. The Hall–Kier alpha value is -3.60. The molecule has 1 aliphatic heterocycles. The number of imide groups is 1. The zero-order valence-corrected chi connectivity index (χ0v) is 22.7. The second-order valence-electron chi connectivity index (χ2n) is 8.79. The molecule has 0 atom stereocenters. The van der Waals surface area contributed by atoms with E-state index in [-0.39, 0.29) is 5.70 Å². The first-order valence-corrected chi connectivity index (χ1v) is 13.7. The lowest BCUT2D eigenvalue weighted by atomic mass is 10.1. The van der Waals surface area contributed by atoms with Crippen LogP contribution in [0.2, 0.25) is 0 Å². The molecule has 190 valence electrons. The number of hydrogen-bond acceptors (Lipinski definition) is 9. The number of amides is 2. The molecule has 0 aliphatic carbocycles. The van der Waals surface area contributed by atoms with Crippen molar-refractivity contribution in [2.75, 3.05) is 32.1 Å². The van der Waals surface area contributed by atoms with Crippen molar-refractivity contribution >= 4 is 50.5 Å². The number of fused-ring (bicyclic) bond motifs is 1. The van der Waals surface area contributed by atoms with Crippen LogP contribution in [0.5, 0.6) is 5.75 Å². The first kappa shape index (κ1) is 25.1. The summed E-state index contributed by atoms with van der Waals surface area (Å²) < 4.78 is 5.90. The Morgan fingerprint density at radius 3 is 2.51 bits per heavy atom. The maximum atomic E-state index is 12.4. The standard InChI is InChI=1S/C27H27N5O3S2/c1-5-32(4)12-13-35-18-10-8-17(9-11-18)22-15(2)20-24(28-21-16(3)25(33)31-26(21)34)29-23(30-27(20)37-22)19-7-6-14-36-19/h6-11,14H,5,12-13H2,1-4H3,(H2,28,29,30,31,33,34). The summed E-state index contributed by atoms with van der Waals surface area (Å²) >= 11 is 3.12. The van der Waals surface area contributed by atoms with E-state index in [0.29, 0.717) is 23.8 Å². The Morgan fingerprint density at radius 1 is 1.08 bits per heavy atom. The number of aryl methyl sites for hydroxylation is 1. The van der Waals surface area contributed by atoms with Gasteiger partial charge in [0, 0.05) is 17.0 Å². The van der Waals surface area contributed by atoms with Gasteiger partial charge in [-0.15, -0.1) is 22.7 Å². The smallest absolute Gasteiger partial charge is 0.275 e. The highest BCUT2D eigenvalue weighted by Crippen LogP contribution is 2.42. The average Bonchev–Trinajstić information content (AvgIpc) is 3.60. The number of carbonyl (C=O) groups is 2. The van der Waals surface area contributed by atoms with E-state index in [9.17, 15) is 9.59 Å². The fourth-order valence-corrected chi connectivity index (χ4v) is 5.86. The van der Waals surface area contributed by atoms with Crippen molar-refractivity contribution in [3.8, 4) is 26.9 Å². The van der Waals surface area contributed by atoms with Crippen LogP contribution >= 0.6 is 22.7 Å². The van der Waals surface area contributed by atoms with E-state index >= 15 is 0 Å². The van der Waals surface area contributed by atoms with Crippen LogP contribution in [0.1, 0.15) is 19.4 Å².